The molecule has 3 aliphatic rings. The van der Waals surface area contributed by atoms with Crippen molar-refractivity contribution in [3.05, 3.63) is 36.2 Å². The van der Waals surface area contributed by atoms with Crippen LogP contribution in [0.15, 0.2) is 30.6 Å². The monoisotopic (exact) mass is 416 g/mol. The smallest absolute Gasteiger partial charge is 0.323 e. The van der Waals surface area contributed by atoms with Crippen LogP contribution in [0.5, 0.6) is 0 Å². The molecule has 4 rings (SSSR count). The Bertz CT molecular complexity index is 903. The van der Waals surface area contributed by atoms with Crippen LogP contribution < -0.4 is 10.4 Å². The van der Waals surface area contributed by atoms with Crippen LogP contribution in [-0.2, 0) is 0 Å². The van der Waals surface area contributed by atoms with Gasteiger partial charge in [-0.2, -0.15) is 13.2 Å². The molecule has 0 amide bonds. The maximum Gasteiger partial charge on any atom is 0.417 e. The van der Waals surface area contributed by atoms with Gasteiger partial charge in [0.05, 0.1) is 5.57 Å². The number of halogens is 3. The molecule has 1 aromatic rings. The molecule has 0 spiro atoms. The van der Waals surface area contributed by atoms with Crippen molar-refractivity contribution in [1.82, 2.24) is 4.98 Å². The first-order valence-electron chi connectivity index (χ1n) is 10.9. The van der Waals surface area contributed by atoms with Gasteiger partial charge in [-0.25, -0.2) is 4.98 Å². The second-order valence-corrected chi connectivity index (χ2v) is 11.7. The van der Waals surface area contributed by atoms with Crippen molar-refractivity contribution in [3.63, 3.8) is 0 Å². The fraction of sp³-hybridized carbons (Fsp3) is 0.625. The average Bonchev–Trinajstić information content (AvgIpc) is 2.78. The summed E-state index contributed by atoms with van der Waals surface area (Å²) >= 11 is 0. The lowest BCUT2D eigenvalue weighted by Gasteiger charge is -2.50. The highest BCUT2D eigenvalue weighted by molar-refractivity contribution is 6.74. The molecule has 1 saturated carbocycles. The van der Waals surface area contributed by atoms with Gasteiger partial charge in [-0.05, 0) is 35.2 Å². The third kappa shape index (κ3) is 3.40. The van der Waals surface area contributed by atoms with Gasteiger partial charge < -0.3 is 4.90 Å². The Morgan fingerprint density at radius 1 is 1.07 bits per heavy atom. The Labute approximate surface area is 178 Å². The molecule has 6 heteroatoms. The van der Waals surface area contributed by atoms with Crippen molar-refractivity contribution in [1.29, 1.82) is 0 Å². The van der Waals surface area contributed by atoms with E-state index in [4.69, 9.17) is 0 Å². The quantitative estimate of drug-likeness (QED) is 0.525. The van der Waals surface area contributed by atoms with Gasteiger partial charge in [0.1, 0.15) is 5.82 Å². The van der Waals surface area contributed by atoms with E-state index in [2.05, 4.69) is 53.1 Å². The first-order chi connectivity index (χ1) is 13.6. The number of hydrogen-bond donors (Lipinski definition) is 0. The van der Waals surface area contributed by atoms with Crippen LogP contribution in [0.4, 0.5) is 19.0 Å². The topological polar surface area (TPSA) is 16.1 Å². The van der Waals surface area contributed by atoms with E-state index in [-0.39, 0.29) is 34.6 Å². The van der Waals surface area contributed by atoms with E-state index < -0.39 is 11.7 Å². The van der Waals surface area contributed by atoms with Gasteiger partial charge in [-0.1, -0.05) is 72.3 Å². The highest BCUT2D eigenvalue weighted by Crippen LogP contribution is 2.53. The normalized spacial score (nSPS) is 25.1. The summed E-state index contributed by atoms with van der Waals surface area (Å²) < 4.78 is 41.8. The van der Waals surface area contributed by atoms with E-state index in [1.807, 2.05) is 11.1 Å². The lowest BCUT2D eigenvalue weighted by molar-refractivity contribution is -0.0690. The minimum Gasteiger partial charge on any atom is -0.323 e. The number of pyridine rings is 1. The minimum absolute atomic E-state index is 0.133. The first-order valence-corrected chi connectivity index (χ1v) is 10.9. The number of fused-ring (bicyclic) bond motifs is 1. The highest BCUT2D eigenvalue weighted by atomic mass is 19.4. The number of hydrogen-bond acceptors (Lipinski definition) is 2. The van der Waals surface area contributed by atoms with E-state index in [0.29, 0.717) is 11.5 Å². The maximum absolute atomic E-state index is 13.9. The molecule has 2 fully saturated rings. The number of anilines is 1. The SMILES string of the molecule is C=C1C=C(C(F)(F)F)c2cc(B3CC(C)(C)C(C)(C)C3)cnc2N1C1CC(C)(C)C1. The van der Waals surface area contributed by atoms with Crippen LogP contribution in [0, 0.1) is 16.2 Å². The molecule has 1 aliphatic carbocycles. The summed E-state index contributed by atoms with van der Waals surface area (Å²) in [5, 5.41) is 0. The molecule has 0 N–H and O–H groups in total. The second kappa shape index (κ2) is 6.40. The molecule has 0 bridgehead atoms. The summed E-state index contributed by atoms with van der Waals surface area (Å²) in [6.45, 7) is 17.6. The Balaban J connectivity index is 1.76. The van der Waals surface area contributed by atoms with E-state index in [1.54, 1.807) is 6.07 Å². The van der Waals surface area contributed by atoms with E-state index in [1.165, 1.54) is 6.08 Å². The third-order valence-electron chi connectivity index (χ3n) is 8.09. The van der Waals surface area contributed by atoms with Gasteiger partial charge >= 0.3 is 6.18 Å². The number of rotatable bonds is 2. The molecular formula is C24H32BF3N2. The zero-order valence-electron chi connectivity index (χ0n) is 19.0. The number of nitrogens with zero attached hydrogens (tertiary/aromatic N) is 2. The summed E-state index contributed by atoms with van der Waals surface area (Å²) in [6, 6.07) is 1.91. The average molecular weight is 416 g/mol. The Kier molecular flexibility index (Phi) is 4.59. The fourth-order valence-electron chi connectivity index (χ4n) is 5.67. The molecule has 1 aromatic heterocycles. The summed E-state index contributed by atoms with van der Waals surface area (Å²) in [5.74, 6) is 0.413. The molecular weight excluding hydrogens is 384 g/mol. The summed E-state index contributed by atoms with van der Waals surface area (Å²) in [4.78, 5) is 6.56. The van der Waals surface area contributed by atoms with Crippen molar-refractivity contribution in [3.8, 4) is 0 Å². The Morgan fingerprint density at radius 3 is 2.13 bits per heavy atom. The summed E-state index contributed by atoms with van der Waals surface area (Å²) in [7, 11) is 0. The van der Waals surface area contributed by atoms with Crippen molar-refractivity contribution >= 4 is 23.6 Å². The predicted molar refractivity (Wildman–Crippen MR) is 119 cm³/mol. The van der Waals surface area contributed by atoms with E-state index in [9.17, 15) is 13.2 Å². The van der Waals surface area contributed by atoms with Crippen LogP contribution in [0.1, 0.15) is 59.9 Å². The molecule has 0 atom stereocenters. The molecule has 1 saturated heterocycles. The molecule has 0 aromatic carbocycles. The van der Waals surface area contributed by atoms with Crippen LogP contribution in [-0.4, -0.2) is 23.9 Å². The lowest BCUT2D eigenvalue weighted by atomic mass is 9.42. The molecule has 0 unspecified atom stereocenters. The first kappa shape index (κ1) is 21.5. The van der Waals surface area contributed by atoms with Crippen molar-refractivity contribution in [2.45, 2.75) is 79.2 Å². The molecule has 2 aliphatic heterocycles. The minimum atomic E-state index is -4.43. The van der Waals surface area contributed by atoms with Gasteiger partial charge in [-0.15, -0.1) is 0 Å². The van der Waals surface area contributed by atoms with Crippen molar-refractivity contribution in [2.75, 3.05) is 4.90 Å². The van der Waals surface area contributed by atoms with Gasteiger partial charge in [0, 0.05) is 23.5 Å². The largest absolute Gasteiger partial charge is 0.417 e. The van der Waals surface area contributed by atoms with Gasteiger partial charge in [0.15, 0.2) is 6.71 Å². The fourth-order valence-corrected chi connectivity index (χ4v) is 5.67. The van der Waals surface area contributed by atoms with Gasteiger partial charge in [-0.3, -0.25) is 0 Å². The van der Waals surface area contributed by atoms with Crippen molar-refractivity contribution in [2.24, 2.45) is 16.2 Å². The van der Waals surface area contributed by atoms with Crippen molar-refractivity contribution < 1.29 is 13.2 Å². The number of alkyl halides is 3. The maximum atomic E-state index is 13.9. The summed E-state index contributed by atoms with van der Waals surface area (Å²) in [5.41, 5.74) is 1.37. The highest BCUT2D eigenvalue weighted by Gasteiger charge is 2.49. The van der Waals surface area contributed by atoms with Gasteiger partial charge in [0.2, 0.25) is 0 Å². The van der Waals surface area contributed by atoms with Crippen LogP contribution in [0.2, 0.25) is 12.6 Å². The predicted octanol–water partition coefficient (Wildman–Crippen LogP) is 6.32. The van der Waals surface area contributed by atoms with Crippen LogP contribution >= 0.6 is 0 Å². The molecule has 2 nitrogen and oxygen atoms in total. The molecule has 3 heterocycles. The zero-order chi connectivity index (χ0) is 22.3. The second-order valence-electron chi connectivity index (χ2n) is 11.7. The van der Waals surface area contributed by atoms with Crippen LogP contribution in [0.3, 0.4) is 0 Å². The Hall–Kier alpha value is -1.72. The third-order valence-corrected chi connectivity index (χ3v) is 8.09. The molecule has 162 valence electrons. The van der Waals surface area contributed by atoms with Gasteiger partial charge in [0.25, 0.3) is 0 Å². The molecule has 30 heavy (non-hydrogen) atoms. The standard InChI is InChI=1S/C24H32BF3N2/c1-15-8-19(24(26,27)28)18-9-16(25-13-22(4,5)23(6,7)14-25)12-29-20(18)30(15)17-10-21(2,3)11-17/h8-9,12,17H,1,10-11,13-14H2,2-7H3. The number of allylic oxidation sites excluding steroid dienone is 2. The Morgan fingerprint density at radius 2 is 1.63 bits per heavy atom. The molecule has 0 radical (unpaired) electrons. The van der Waals surface area contributed by atoms with E-state index >= 15 is 0 Å². The lowest BCUT2D eigenvalue weighted by Crippen LogP contribution is -2.49. The van der Waals surface area contributed by atoms with E-state index in [0.717, 1.165) is 30.9 Å². The summed E-state index contributed by atoms with van der Waals surface area (Å²) in [6.07, 6.45) is 2.35. The van der Waals surface area contributed by atoms with Crippen LogP contribution in [0.25, 0.3) is 5.57 Å². The zero-order valence-corrected chi connectivity index (χ0v) is 19.0. The number of aromatic nitrogens is 1.